The minimum absolute atomic E-state index is 0. The molecule has 1 aliphatic rings. The van der Waals surface area contributed by atoms with Gasteiger partial charge in [-0.25, -0.2) is 12.8 Å². The van der Waals surface area contributed by atoms with E-state index in [0.29, 0.717) is 12.2 Å². The van der Waals surface area contributed by atoms with Crippen molar-refractivity contribution in [1.29, 1.82) is 0 Å². The first kappa shape index (κ1) is 27.9. The van der Waals surface area contributed by atoms with Crippen LogP contribution in [0, 0.1) is 5.82 Å². The van der Waals surface area contributed by atoms with Crippen molar-refractivity contribution in [3.63, 3.8) is 0 Å². The van der Waals surface area contributed by atoms with Gasteiger partial charge in [0.15, 0.2) is 0 Å². The first-order chi connectivity index (χ1) is 16.6. The van der Waals surface area contributed by atoms with Crippen molar-refractivity contribution in [1.82, 2.24) is 10.2 Å². The fraction of sp³-hybridized carbons (Fsp3) is 0.333. The van der Waals surface area contributed by atoms with Crippen LogP contribution in [0.4, 0.5) is 15.8 Å². The van der Waals surface area contributed by atoms with Gasteiger partial charge in [-0.05, 0) is 99.2 Å². The number of rotatable bonds is 7. The van der Waals surface area contributed by atoms with Gasteiger partial charge in [0, 0.05) is 31.5 Å². The average Bonchev–Trinajstić information content (AvgIpc) is 2.99. The molecule has 36 heavy (non-hydrogen) atoms. The Hall–Kier alpha value is -2.65. The zero-order chi connectivity index (χ0) is 25.2. The third-order valence-electron chi connectivity index (χ3n) is 6.89. The van der Waals surface area contributed by atoms with E-state index >= 15 is 0 Å². The number of fused-ring (bicyclic) bond motifs is 1. The van der Waals surface area contributed by atoms with Crippen molar-refractivity contribution in [2.45, 2.75) is 30.3 Å². The van der Waals surface area contributed by atoms with Crippen molar-refractivity contribution < 1.29 is 12.8 Å². The number of hydrogen-bond acceptors (Lipinski definition) is 5. The molecule has 9 heteroatoms. The average molecular weight is 533 g/mol. The highest BCUT2D eigenvalue weighted by Crippen LogP contribution is 2.33. The summed E-state index contributed by atoms with van der Waals surface area (Å²) >= 11 is 0. The van der Waals surface area contributed by atoms with E-state index in [0.717, 1.165) is 36.3 Å². The summed E-state index contributed by atoms with van der Waals surface area (Å²) in [5, 5.41) is 3.49. The summed E-state index contributed by atoms with van der Waals surface area (Å²) in [6.07, 6.45) is 0.838. The number of hydrogen-bond donors (Lipinski definition) is 2. The lowest BCUT2D eigenvalue weighted by molar-refractivity contribution is 0.173. The highest BCUT2D eigenvalue weighted by atomic mass is 35.5. The molecule has 0 fully saturated rings. The lowest BCUT2D eigenvalue weighted by atomic mass is 9.87. The second-order valence-electron chi connectivity index (χ2n) is 9.55. The molecule has 4 rings (SSSR count). The van der Waals surface area contributed by atoms with Crippen LogP contribution < -0.4 is 14.9 Å². The third kappa shape index (κ3) is 6.00. The fourth-order valence-electron chi connectivity index (χ4n) is 4.49. The van der Waals surface area contributed by atoms with Crippen LogP contribution in [0.15, 0.2) is 71.6 Å². The number of halogens is 2. The van der Waals surface area contributed by atoms with Gasteiger partial charge in [-0.3, -0.25) is 9.62 Å². The monoisotopic (exact) mass is 532 g/mol. The number of nitrogens with one attached hydrogen (secondary N) is 2. The summed E-state index contributed by atoms with van der Waals surface area (Å²) in [5.41, 5.74) is 4.59. The highest BCUT2D eigenvalue weighted by molar-refractivity contribution is 7.92. The van der Waals surface area contributed by atoms with E-state index in [9.17, 15) is 12.8 Å². The lowest BCUT2D eigenvalue weighted by Crippen LogP contribution is -2.45. The Morgan fingerprint density at radius 2 is 1.67 bits per heavy atom. The van der Waals surface area contributed by atoms with Crippen LogP contribution in [0.25, 0.3) is 0 Å². The van der Waals surface area contributed by atoms with Gasteiger partial charge in [-0.2, -0.15) is 0 Å². The smallest absolute Gasteiger partial charge is 0.261 e. The Bertz CT molecular complexity index is 1280. The van der Waals surface area contributed by atoms with Gasteiger partial charge in [-0.1, -0.05) is 18.2 Å². The molecule has 0 saturated carbocycles. The van der Waals surface area contributed by atoms with Crippen molar-refractivity contribution in [3.05, 3.63) is 89.2 Å². The van der Waals surface area contributed by atoms with Crippen LogP contribution in [-0.2, 0) is 28.5 Å². The maximum atomic E-state index is 13.2. The fourth-order valence-corrected chi connectivity index (χ4v) is 5.54. The first-order valence-corrected chi connectivity index (χ1v) is 13.2. The molecule has 6 nitrogen and oxygen atoms in total. The van der Waals surface area contributed by atoms with Crippen molar-refractivity contribution in [2.75, 3.05) is 43.9 Å². The Morgan fingerprint density at radius 1 is 1.00 bits per heavy atom. The Labute approximate surface area is 220 Å². The standard InChI is InChI=1S/C27H33FN4O2S.ClH/c1-27(31(2)3)19-29-16-15-21-17-23(9-14-26(21)27)30-35(33,34)25-12-5-20(6-13-25)18-32(4)24-10-7-22(28)8-11-24;/h5-14,17,29-30H,15-16,18-19H2,1-4H3;1H. The molecular formula is C27H34ClFN4O2S. The summed E-state index contributed by atoms with van der Waals surface area (Å²) in [7, 11) is 2.31. The molecule has 1 atom stereocenters. The number of benzene rings is 3. The minimum Gasteiger partial charge on any atom is -0.370 e. The molecule has 0 bridgehead atoms. The topological polar surface area (TPSA) is 64.7 Å². The molecule has 2 N–H and O–H groups in total. The summed E-state index contributed by atoms with van der Waals surface area (Å²) in [4.78, 5) is 4.39. The lowest BCUT2D eigenvalue weighted by Gasteiger charge is -2.37. The second kappa shape index (κ2) is 11.2. The van der Waals surface area contributed by atoms with Crippen LogP contribution in [0.2, 0.25) is 0 Å². The third-order valence-corrected chi connectivity index (χ3v) is 8.28. The van der Waals surface area contributed by atoms with E-state index in [1.165, 1.54) is 17.7 Å². The van der Waals surface area contributed by atoms with Gasteiger partial charge < -0.3 is 10.2 Å². The van der Waals surface area contributed by atoms with E-state index in [4.69, 9.17) is 0 Å². The van der Waals surface area contributed by atoms with E-state index < -0.39 is 10.0 Å². The molecule has 0 amide bonds. The van der Waals surface area contributed by atoms with Crippen LogP contribution in [-0.4, -0.2) is 47.6 Å². The van der Waals surface area contributed by atoms with Crippen molar-refractivity contribution in [2.24, 2.45) is 0 Å². The van der Waals surface area contributed by atoms with Gasteiger partial charge in [-0.15, -0.1) is 12.4 Å². The number of likely N-dealkylation sites (N-methyl/N-ethyl adjacent to an activating group) is 1. The number of nitrogens with zero attached hydrogens (tertiary/aromatic N) is 2. The predicted molar refractivity (Wildman–Crippen MR) is 147 cm³/mol. The molecule has 1 aliphatic heterocycles. The van der Waals surface area contributed by atoms with Crippen molar-refractivity contribution >= 4 is 33.8 Å². The molecule has 3 aromatic rings. The maximum absolute atomic E-state index is 13.2. The van der Waals surface area contributed by atoms with Gasteiger partial charge in [0.1, 0.15) is 5.82 Å². The van der Waals surface area contributed by atoms with Crippen LogP contribution in [0.3, 0.4) is 0 Å². The minimum atomic E-state index is -3.73. The van der Waals surface area contributed by atoms with Crippen LogP contribution >= 0.6 is 12.4 Å². The molecule has 0 spiro atoms. The Kier molecular flexibility index (Phi) is 8.67. The largest absolute Gasteiger partial charge is 0.370 e. The van der Waals surface area contributed by atoms with Gasteiger partial charge in [0.05, 0.1) is 10.4 Å². The normalized spacial score (nSPS) is 17.6. The van der Waals surface area contributed by atoms with E-state index in [1.54, 1.807) is 36.4 Å². The summed E-state index contributed by atoms with van der Waals surface area (Å²) < 4.78 is 42.1. The SMILES string of the molecule is CN(Cc1ccc(S(=O)(=O)Nc2ccc3c(c2)CCNCC3(C)N(C)C)cc1)c1ccc(F)cc1.Cl. The van der Waals surface area contributed by atoms with Crippen LogP contribution in [0.1, 0.15) is 23.6 Å². The zero-order valence-electron chi connectivity index (χ0n) is 21.1. The summed E-state index contributed by atoms with van der Waals surface area (Å²) in [6, 6.07) is 19.0. The van der Waals surface area contributed by atoms with Gasteiger partial charge >= 0.3 is 0 Å². The first-order valence-electron chi connectivity index (χ1n) is 11.7. The van der Waals surface area contributed by atoms with E-state index in [-0.39, 0.29) is 28.7 Å². The number of sulfonamides is 1. The number of anilines is 2. The molecule has 3 aromatic carbocycles. The van der Waals surface area contributed by atoms with Gasteiger partial charge in [0.2, 0.25) is 0 Å². The highest BCUT2D eigenvalue weighted by Gasteiger charge is 2.33. The molecule has 1 heterocycles. The quantitative estimate of drug-likeness (QED) is 0.465. The van der Waals surface area contributed by atoms with Crippen molar-refractivity contribution in [3.8, 4) is 0 Å². The van der Waals surface area contributed by atoms with Crippen LogP contribution in [0.5, 0.6) is 0 Å². The maximum Gasteiger partial charge on any atom is 0.261 e. The summed E-state index contributed by atoms with van der Waals surface area (Å²) in [6.45, 7) is 4.45. The molecule has 0 radical (unpaired) electrons. The molecule has 1 unspecified atom stereocenters. The van der Waals surface area contributed by atoms with E-state index in [1.807, 2.05) is 30.1 Å². The van der Waals surface area contributed by atoms with Gasteiger partial charge in [0.25, 0.3) is 10.0 Å². The van der Waals surface area contributed by atoms with E-state index in [2.05, 4.69) is 36.0 Å². The zero-order valence-corrected chi connectivity index (χ0v) is 22.7. The second-order valence-corrected chi connectivity index (χ2v) is 11.2. The summed E-state index contributed by atoms with van der Waals surface area (Å²) in [5.74, 6) is -0.276. The molecule has 0 aliphatic carbocycles. The Morgan fingerprint density at radius 3 is 2.31 bits per heavy atom. The molecule has 0 aromatic heterocycles. The molecular weight excluding hydrogens is 499 g/mol. The molecule has 194 valence electrons. The Balaban J connectivity index is 0.00000361. The predicted octanol–water partition coefficient (Wildman–Crippen LogP) is 4.61. The molecule has 0 saturated heterocycles.